The normalized spacial score (nSPS) is 16.8. The molecule has 1 atom stereocenters. The minimum Gasteiger partial charge on any atom is -0.461 e. The fourth-order valence-corrected chi connectivity index (χ4v) is 3.04. The molecule has 2 aromatic rings. The third-order valence-electron chi connectivity index (χ3n) is 4.33. The number of primary amides is 1. The molecule has 0 fully saturated rings. The number of halogens is 3. The molecule has 9 heteroatoms. The summed E-state index contributed by atoms with van der Waals surface area (Å²) in [5, 5.41) is 0. The van der Waals surface area contributed by atoms with Crippen LogP contribution in [0.25, 0.3) is 0 Å². The van der Waals surface area contributed by atoms with E-state index in [1.54, 1.807) is 18.2 Å². The highest BCUT2D eigenvalue weighted by Crippen LogP contribution is 2.32. The lowest BCUT2D eigenvalue weighted by atomic mass is 9.96. The third kappa shape index (κ3) is 3.56. The molecule has 6 nitrogen and oxygen atoms in total. The lowest BCUT2D eigenvalue weighted by molar-refractivity contribution is -0.151. The molecule has 0 radical (unpaired) electrons. The molecule has 1 unspecified atom stereocenters. The van der Waals surface area contributed by atoms with Crippen molar-refractivity contribution in [2.45, 2.75) is 32.2 Å². The van der Waals surface area contributed by atoms with Gasteiger partial charge in [-0.2, -0.15) is 13.2 Å². The fourth-order valence-electron chi connectivity index (χ4n) is 3.04. The number of nitrogens with two attached hydrogens (primary N) is 1. The molecule has 26 heavy (non-hydrogen) atoms. The summed E-state index contributed by atoms with van der Waals surface area (Å²) in [5.41, 5.74) is 6.36. The molecular weight excluding hydrogens is 351 g/mol. The number of aromatic nitrogens is 2. The number of carbonyl (C=O) groups is 2. The Morgan fingerprint density at radius 3 is 2.73 bits per heavy atom. The van der Waals surface area contributed by atoms with Gasteiger partial charge in [-0.1, -0.05) is 18.2 Å². The van der Waals surface area contributed by atoms with Gasteiger partial charge in [-0.05, 0) is 12.5 Å². The molecule has 0 bridgehead atoms. The zero-order valence-electron chi connectivity index (χ0n) is 13.6. The molecule has 0 saturated heterocycles. The van der Waals surface area contributed by atoms with E-state index in [1.807, 2.05) is 0 Å². The van der Waals surface area contributed by atoms with E-state index >= 15 is 0 Å². The van der Waals surface area contributed by atoms with Crippen LogP contribution in [0.5, 0.6) is 0 Å². The number of ether oxygens (including phenoxy) is 1. The third-order valence-corrected chi connectivity index (χ3v) is 4.33. The molecule has 0 spiro atoms. The van der Waals surface area contributed by atoms with E-state index < -0.39 is 29.8 Å². The van der Waals surface area contributed by atoms with Crippen molar-refractivity contribution in [3.8, 4) is 0 Å². The van der Waals surface area contributed by atoms with Gasteiger partial charge in [0.25, 0.3) is 0 Å². The van der Waals surface area contributed by atoms with Crippen LogP contribution in [-0.2, 0) is 35.3 Å². The number of rotatable bonds is 4. The number of fused-ring (bicyclic) bond motifs is 1. The van der Waals surface area contributed by atoms with E-state index in [4.69, 9.17) is 10.5 Å². The molecular formula is C17H16F3N3O3. The molecule has 3 rings (SSSR count). The standard InChI is InChI=1S/C17H16F3N3O3/c18-17(19,20)16-22-8-12-7-10(5-6-23(12)16)15(25)26-9-11-3-1-2-4-13(11)14(21)24/h1-4,8,10H,5-7,9H2,(H2,21,24). The maximum Gasteiger partial charge on any atom is 0.449 e. The van der Waals surface area contributed by atoms with Gasteiger partial charge in [0.1, 0.15) is 6.61 Å². The molecule has 1 aliphatic heterocycles. The highest BCUT2D eigenvalue weighted by Gasteiger charge is 2.39. The van der Waals surface area contributed by atoms with Crippen molar-refractivity contribution in [2.75, 3.05) is 0 Å². The van der Waals surface area contributed by atoms with Crippen LogP contribution in [0.2, 0.25) is 0 Å². The van der Waals surface area contributed by atoms with E-state index in [9.17, 15) is 22.8 Å². The van der Waals surface area contributed by atoms with Crippen LogP contribution >= 0.6 is 0 Å². The molecule has 2 N–H and O–H groups in total. The number of hydrogen-bond donors (Lipinski definition) is 1. The lowest BCUT2D eigenvalue weighted by Gasteiger charge is -2.24. The molecule has 2 heterocycles. The monoisotopic (exact) mass is 367 g/mol. The molecule has 1 aromatic heterocycles. The first-order chi connectivity index (χ1) is 12.3. The fraction of sp³-hybridized carbons (Fsp3) is 0.353. The van der Waals surface area contributed by atoms with E-state index in [-0.39, 0.29) is 31.6 Å². The SMILES string of the molecule is NC(=O)c1ccccc1COC(=O)C1CCn2c(cnc2C(F)(F)F)C1. The number of imidazole rings is 1. The van der Waals surface area contributed by atoms with E-state index in [1.165, 1.54) is 6.07 Å². The molecule has 1 amide bonds. The smallest absolute Gasteiger partial charge is 0.449 e. The summed E-state index contributed by atoms with van der Waals surface area (Å²) in [6.07, 6.45) is -3.03. The maximum absolute atomic E-state index is 12.9. The molecule has 138 valence electrons. The molecule has 1 aromatic carbocycles. The van der Waals surface area contributed by atoms with Crippen molar-refractivity contribution in [2.24, 2.45) is 11.7 Å². The number of amides is 1. The van der Waals surface area contributed by atoms with E-state index in [0.29, 0.717) is 11.3 Å². The Morgan fingerprint density at radius 2 is 2.04 bits per heavy atom. The van der Waals surface area contributed by atoms with Crippen LogP contribution in [0.3, 0.4) is 0 Å². The Labute approximate surface area is 146 Å². The predicted molar refractivity (Wildman–Crippen MR) is 83.8 cm³/mol. The Kier molecular flexibility index (Phi) is 4.71. The van der Waals surface area contributed by atoms with Crippen LogP contribution in [-0.4, -0.2) is 21.4 Å². The van der Waals surface area contributed by atoms with E-state index in [2.05, 4.69) is 4.98 Å². The summed E-state index contributed by atoms with van der Waals surface area (Å²) in [4.78, 5) is 27.1. The number of alkyl halides is 3. The Bertz CT molecular complexity index is 845. The quantitative estimate of drug-likeness (QED) is 0.840. The van der Waals surface area contributed by atoms with Gasteiger partial charge < -0.3 is 15.0 Å². The van der Waals surface area contributed by atoms with Gasteiger partial charge in [-0.15, -0.1) is 0 Å². The van der Waals surface area contributed by atoms with Gasteiger partial charge >= 0.3 is 12.1 Å². The van der Waals surface area contributed by atoms with Crippen molar-refractivity contribution < 1.29 is 27.5 Å². The summed E-state index contributed by atoms with van der Waals surface area (Å²) in [6, 6.07) is 6.49. The second-order valence-corrected chi connectivity index (χ2v) is 6.04. The first-order valence-electron chi connectivity index (χ1n) is 7.93. The number of nitrogens with zero attached hydrogens (tertiary/aromatic N) is 2. The van der Waals surface area contributed by atoms with Crippen LogP contribution in [0.1, 0.15) is 33.9 Å². The van der Waals surface area contributed by atoms with Crippen molar-refractivity contribution in [3.05, 3.63) is 53.1 Å². The summed E-state index contributed by atoms with van der Waals surface area (Å²) in [6.45, 7) is -0.0800. The highest BCUT2D eigenvalue weighted by atomic mass is 19.4. The average molecular weight is 367 g/mol. The molecule has 0 saturated carbocycles. The molecule has 0 aliphatic carbocycles. The van der Waals surface area contributed by atoms with Gasteiger partial charge in [-0.25, -0.2) is 4.98 Å². The van der Waals surface area contributed by atoms with E-state index in [0.717, 1.165) is 10.8 Å². The summed E-state index contributed by atoms with van der Waals surface area (Å²) < 4.78 is 44.9. The van der Waals surface area contributed by atoms with Gasteiger partial charge in [0.05, 0.1) is 5.92 Å². The van der Waals surface area contributed by atoms with Gasteiger partial charge in [0.2, 0.25) is 11.7 Å². The summed E-state index contributed by atoms with van der Waals surface area (Å²) >= 11 is 0. The largest absolute Gasteiger partial charge is 0.461 e. The minimum absolute atomic E-state index is 0.0435. The minimum atomic E-state index is -4.52. The molecule has 1 aliphatic rings. The maximum atomic E-state index is 12.9. The van der Waals surface area contributed by atoms with Crippen LogP contribution < -0.4 is 5.73 Å². The Morgan fingerprint density at radius 1 is 1.31 bits per heavy atom. The van der Waals surface area contributed by atoms with Gasteiger partial charge in [0, 0.05) is 36.0 Å². The van der Waals surface area contributed by atoms with Crippen molar-refractivity contribution in [1.29, 1.82) is 0 Å². The topological polar surface area (TPSA) is 87.2 Å². The van der Waals surface area contributed by atoms with Crippen molar-refractivity contribution in [1.82, 2.24) is 9.55 Å². The van der Waals surface area contributed by atoms with Crippen LogP contribution in [0.15, 0.2) is 30.5 Å². The van der Waals surface area contributed by atoms with Crippen LogP contribution in [0, 0.1) is 5.92 Å². The summed E-state index contributed by atoms with van der Waals surface area (Å²) in [7, 11) is 0. The van der Waals surface area contributed by atoms with Crippen molar-refractivity contribution >= 4 is 11.9 Å². The first kappa shape index (κ1) is 18.0. The number of hydrogen-bond acceptors (Lipinski definition) is 4. The predicted octanol–water partition coefficient (Wildman–Crippen LogP) is 2.31. The number of esters is 1. The zero-order chi connectivity index (χ0) is 18.9. The zero-order valence-corrected chi connectivity index (χ0v) is 13.6. The van der Waals surface area contributed by atoms with Gasteiger partial charge in [-0.3, -0.25) is 9.59 Å². The Balaban J connectivity index is 1.66. The second-order valence-electron chi connectivity index (χ2n) is 6.04. The number of benzene rings is 1. The van der Waals surface area contributed by atoms with Crippen LogP contribution in [0.4, 0.5) is 13.2 Å². The number of carbonyl (C=O) groups excluding carboxylic acids is 2. The lowest BCUT2D eigenvalue weighted by Crippen LogP contribution is -2.29. The Hall–Kier alpha value is -2.84. The first-order valence-corrected chi connectivity index (χ1v) is 7.93. The average Bonchev–Trinajstić information content (AvgIpc) is 3.03. The summed E-state index contributed by atoms with van der Waals surface area (Å²) in [5.74, 6) is -2.65. The van der Waals surface area contributed by atoms with Crippen molar-refractivity contribution in [3.63, 3.8) is 0 Å². The highest BCUT2D eigenvalue weighted by molar-refractivity contribution is 5.94. The van der Waals surface area contributed by atoms with Gasteiger partial charge in [0.15, 0.2) is 0 Å². The second kappa shape index (κ2) is 6.81.